The van der Waals surface area contributed by atoms with Crippen LogP contribution in [0.4, 0.5) is 0 Å². The van der Waals surface area contributed by atoms with Crippen LogP contribution in [-0.4, -0.2) is 57.3 Å². The van der Waals surface area contributed by atoms with E-state index in [1.54, 1.807) is 34.8 Å². The van der Waals surface area contributed by atoms with E-state index in [4.69, 9.17) is 0 Å². The van der Waals surface area contributed by atoms with Gasteiger partial charge in [-0.25, -0.2) is 8.42 Å². The quantitative estimate of drug-likeness (QED) is 0.553. The number of hydrogen-bond donors (Lipinski definition) is 1. The van der Waals surface area contributed by atoms with Gasteiger partial charge in [-0.3, -0.25) is 4.99 Å². The highest BCUT2D eigenvalue weighted by atomic mass is 32.2. The van der Waals surface area contributed by atoms with Crippen molar-refractivity contribution in [1.82, 2.24) is 14.5 Å². The van der Waals surface area contributed by atoms with Crippen LogP contribution in [0.3, 0.4) is 0 Å². The number of likely N-dealkylation sites (N-methyl/N-ethyl adjacent to an activating group) is 1. The lowest BCUT2D eigenvalue weighted by molar-refractivity contribution is 0.477. The summed E-state index contributed by atoms with van der Waals surface area (Å²) in [4.78, 5) is 8.18. The van der Waals surface area contributed by atoms with Gasteiger partial charge in [0.05, 0.1) is 4.90 Å². The van der Waals surface area contributed by atoms with Crippen LogP contribution < -0.4 is 5.32 Å². The summed E-state index contributed by atoms with van der Waals surface area (Å²) in [6.45, 7) is 2.73. The molecule has 0 radical (unpaired) electrons. The summed E-state index contributed by atoms with van der Waals surface area (Å²) < 4.78 is 26.8. The number of thiophene rings is 1. The third-order valence-electron chi connectivity index (χ3n) is 4.92. The van der Waals surface area contributed by atoms with Gasteiger partial charge < -0.3 is 10.2 Å². The van der Waals surface area contributed by atoms with Crippen molar-refractivity contribution in [1.29, 1.82) is 0 Å². The van der Waals surface area contributed by atoms with Crippen LogP contribution in [0.1, 0.15) is 23.3 Å². The zero-order chi connectivity index (χ0) is 20.0. The average Bonchev–Trinajstić information content (AvgIpc) is 3.41. The summed E-state index contributed by atoms with van der Waals surface area (Å²) in [5, 5.41) is 5.44. The molecule has 0 spiro atoms. The first kappa shape index (κ1) is 20.8. The Morgan fingerprint density at radius 3 is 2.54 bits per heavy atom. The van der Waals surface area contributed by atoms with Gasteiger partial charge in [-0.05, 0) is 48.4 Å². The maximum atomic E-state index is 12.6. The van der Waals surface area contributed by atoms with Gasteiger partial charge in [-0.15, -0.1) is 11.3 Å². The Hall–Kier alpha value is -1.90. The number of guanidine groups is 1. The first-order valence-corrected chi connectivity index (χ1v) is 11.9. The van der Waals surface area contributed by atoms with E-state index in [1.165, 1.54) is 4.88 Å². The molecule has 1 fully saturated rings. The summed E-state index contributed by atoms with van der Waals surface area (Å²) in [6, 6.07) is 11.4. The van der Waals surface area contributed by atoms with Crippen molar-refractivity contribution in [2.24, 2.45) is 4.99 Å². The van der Waals surface area contributed by atoms with Crippen LogP contribution in [0.15, 0.2) is 51.7 Å². The van der Waals surface area contributed by atoms with Gasteiger partial charge in [0.15, 0.2) is 5.96 Å². The fraction of sp³-hybridized carbons (Fsp3) is 0.450. The number of nitrogens with zero attached hydrogens (tertiary/aromatic N) is 3. The first-order chi connectivity index (χ1) is 13.5. The zero-order valence-electron chi connectivity index (χ0n) is 16.5. The molecule has 0 atom stereocenters. The molecule has 1 aromatic heterocycles. The van der Waals surface area contributed by atoms with Crippen molar-refractivity contribution in [3.8, 4) is 0 Å². The molecule has 1 N–H and O–H groups in total. The van der Waals surface area contributed by atoms with Crippen LogP contribution in [0.25, 0.3) is 0 Å². The van der Waals surface area contributed by atoms with Crippen LogP contribution >= 0.6 is 11.3 Å². The highest BCUT2D eigenvalue weighted by molar-refractivity contribution is 7.89. The topological polar surface area (TPSA) is 65.0 Å². The molecule has 1 aromatic carbocycles. The Labute approximate surface area is 171 Å². The summed E-state index contributed by atoms with van der Waals surface area (Å²) in [5.74, 6) is 0.824. The largest absolute Gasteiger partial charge is 0.352 e. The maximum Gasteiger partial charge on any atom is 0.243 e. The number of sulfonamides is 1. The first-order valence-electron chi connectivity index (χ1n) is 9.54. The van der Waals surface area contributed by atoms with E-state index >= 15 is 0 Å². The fourth-order valence-corrected chi connectivity index (χ4v) is 5.48. The molecule has 152 valence electrons. The number of hydrogen-bond acceptors (Lipinski definition) is 4. The predicted molar refractivity (Wildman–Crippen MR) is 115 cm³/mol. The highest BCUT2D eigenvalue weighted by Gasteiger charge is 2.26. The summed E-state index contributed by atoms with van der Waals surface area (Å²) in [7, 11) is 0.444. The molecule has 2 aromatic rings. The van der Waals surface area contributed by atoms with Crippen LogP contribution in [0, 0.1) is 0 Å². The minimum Gasteiger partial charge on any atom is -0.352 e. The summed E-state index contributed by atoms with van der Waals surface area (Å²) in [6.07, 6.45) is 2.87. The van der Waals surface area contributed by atoms with Gasteiger partial charge in [-0.1, -0.05) is 18.2 Å². The van der Waals surface area contributed by atoms with Gasteiger partial charge in [0.1, 0.15) is 0 Å². The molecule has 0 unspecified atom stereocenters. The zero-order valence-corrected chi connectivity index (χ0v) is 18.1. The van der Waals surface area contributed by atoms with E-state index in [2.05, 4.69) is 32.7 Å². The monoisotopic (exact) mass is 420 g/mol. The number of rotatable bonds is 7. The molecule has 6 nitrogen and oxygen atoms in total. The second-order valence-corrected chi connectivity index (χ2v) is 9.88. The van der Waals surface area contributed by atoms with E-state index in [0.717, 1.165) is 37.3 Å². The lowest BCUT2D eigenvalue weighted by Gasteiger charge is -2.22. The molecule has 28 heavy (non-hydrogen) atoms. The predicted octanol–water partition coefficient (Wildman–Crippen LogP) is 2.78. The Bertz CT molecular complexity index is 871. The Morgan fingerprint density at radius 1 is 1.21 bits per heavy atom. The minimum absolute atomic E-state index is 0.371. The summed E-state index contributed by atoms with van der Waals surface area (Å²) >= 11 is 1.77. The van der Waals surface area contributed by atoms with E-state index in [9.17, 15) is 8.42 Å². The minimum atomic E-state index is -3.35. The van der Waals surface area contributed by atoms with Crippen LogP contribution in [0.5, 0.6) is 0 Å². The molecule has 0 bridgehead atoms. The molecule has 8 heteroatoms. The molecule has 0 aliphatic carbocycles. The van der Waals surface area contributed by atoms with Crippen molar-refractivity contribution in [3.63, 3.8) is 0 Å². The molecule has 0 saturated carbocycles. The summed E-state index contributed by atoms with van der Waals surface area (Å²) in [5.41, 5.74) is 1.02. The lowest BCUT2D eigenvalue weighted by Crippen LogP contribution is -2.39. The maximum absolute atomic E-state index is 12.6. The molecule has 2 heterocycles. The van der Waals surface area contributed by atoms with Crippen molar-refractivity contribution in [2.45, 2.75) is 30.7 Å². The Balaban J connectivity index is 1.54. The van der Waals surface area contributed by atoms with Gasteiger partial charge in [-0.2, -0.15) is 4.31 Å². The van der Waals surface area contributed by atoms with Crippen LogP contribution in [0.2, 0.25) is 0 Å². The Morgan fingerprint density at radius 2 is 1.93 bits per heavy atom. The molecule has 3 rings (SSSR count). The van der Waals surface area contributed by atoms with Crippen molar-refractivity contribution < 1.29 is 8.42 Å². The number of aliphatic imine (C=N–C) groups is 1. The van der Waals surface area contributed by atoms with E-state index < -0.39 is 10.0 Å². The van der Waals surface area contributed by atoms with Crippen LogP contribution in [-0.2, 0) is 23.0 Å². The fourth-order valence-electron chi connectivity index (χ4n) is 3.26. The van der Waals surface area contributed by atoms with Gasteiger partial charge in [0.2, 0.25) is 10.0 Å². The van der Waals surface area contributed by atoms with E-state index in [1.807, 2.05) is 19.2 Å². The third kappa shape index (κ3) is 5.12. The van der Waals surface area contributed by atoms with Crippen molar-refractivity contribution >= 4 is 27.3 Å². The van der Waals surface area contributed by atoms with Crippen molar-refractivity contribution in [3.05, 3.63) is 52.2 Å². The lowest BCUT2D eigenvalue weighted by atomic mass is 10.2. The second kappa shape index (κ2) is 9.54. The van der Waals surface area contributed by atoms with Gasteiger partial charge in [0.25, 0.3) is 0 Å². The average molecular weight is 421 g/mol. The molecule has 1 saturated heterocycles. The molecule has 1 aliphatic heterocycles. The van der Waals surface area contributed by atoms with E-state index in [-0.39, 0.29) is 0 Å². The molecular weight excluding hydrogens is 392 g/mol. The number of nitrogens with one attached hydrogen (secondary N) is 1. The number of benzene rings is 1. The smallest absolute Gasteiger partial charge is 0.243 e. The molecule has 0 amide bonds. The van der Waals surface area contributed by atoms with Gasteiger partial charge >= 0.3 is 0 Å². The SMILES string of the molecule is CN=C(NCc1ccc(S(=O)(=O)N2CCCC2)cc1)N(C)CCc1cccs1. The van der Waals surface area contributed by atoms with E-state index in [0.29, 0.717) is 24.5 Å². The molecule has 1 aliphatic rings. The third-order valence-corrected chi connectivity index (χ3v) is 7.77. The Kier molecular flexibility index (Phi) is 7.09. The van der Waals surface area contributed by atoms with Gasteiger partial charge in [0, 0.05) is 45.2 Å². The second-order valence-electron chi connectivity index (χ2n) is 6.91. The molecular formula is C20H28N4O2S2. The van der Waals surface area contributed by atoms with Crippen molar-refractivity contribution in [2.75, 3.05) is 33.7 Å². The normalized spacial score (nSPS) is 15.7. The highest BCUT2D eigenvalue weighted by Crippen LogP contribution is 2.21. The standard InChI is InChI=1S/C20H28N4O2S2/c1-21-20(23(2)14-11-18-6-5-15-27-18)22-16-17-7-9-19(10-8-17)28(25,26)24-12-3-4-13-24/h5-10,15H,3-4,11-14,16H2,1-2H3,(H,21,22).